The van der Waals surface area contributed by atoms with E-state index in [0.717, 1.165) is 18.4 Å². The molecule has 0 radical (unpaired) electrons. The first-order valence-corrected chi connectivity index (χ1v) is 7.03. The molecule has 2 rings (SSSR count). The summed E-state index contributed by atoms with van der Waals surface area (Å²) in [7, 11) is 0. The van der Waals surface area contributed by atoms with Crippen LogP contribution in [0.15, 0.2) is 24.3 Å². The van der Waals surface area contributed by atoms with Crippen LogP contribution in [0.1, 0.15) is 44.1 Å². The number of hydrogen-bond acceptors (Lipinski definition) is 1. The van der Waals surface area contributed by atoms with Gasteiger partial charge in [-0.15, -0.1) is 0 Å². The maximum atomic E-state index is 12.7. The molecule has 1 aromatic carbocycles. The number of benzene rings is 1. The molecule has 1 fully saturated rings. The van der Waals surface area contributed by atoms with Crippen LogP contribution in [0, 0.1) is 5.82 Å². The minimum Gasteiger partial charge on any atom is -0.335 e. The van der Waals surface area contributed by atoms with Crippen molar-refractivity contribution in [3.63, 3.8) is 0 Å². The maximum Gasteiger partial charge on any atom is 0.315 e. The van der Waals surface area contributed by atoms with Crippen molar-refractivity contribution < 1.29 is 9.18 Å². The molecule has 0 aromatic heterocycles. The number of nitrogens with one attached hydrogen (secondary N) is 2. The Labute approximate surface area is 113 Å². The van der Waals surface area contributed by atoms with E-state index in [0.29, 0.717) is 12.6 Å². The Morgan fingerprint density at radius 3 is 2.37 bits per heavy atom. The summed E-state index contributed by atoms with van der Waals surface area (Å²) in [6.45, 7) is 0.429. The highest BCUT2D eigenvalue weighted by atomic mass is 19.1. The molecular weight excluding hydrogens is 243 g/mol. The van der Waals surface area contributed by atoms with E-state index in [-0.39, 0.29) is 11.8 Å². The van der Waals surface area contributed by atoms with Gasteiger partial charge in [0.2, 0.25) is 0 Å². The zero-order valence-corrected chi connectivity index (χ0v) is 11.1. The molecule has 3 nitrogen and oxygen atoms in total. The molecule has 1 aromatic rings. The van der Waals surface area contributed by atoms with Gasteiger partial charge < -0.3 is 10.6 Å². The highest BCUT2D eigenvalue weighted by Crippen LogP contribution is 2.17. The van der Waals surface area contributed by atoms with Crippen molar-refractivity contribution in [3.8, 4) is 0 Å². The number of hydrogen-bond donors (Lipinski definition) is 2. The van der Waals surface area contributed by atoms with E-state index in [1.54, 1.807) is 12.1 Å². The zero-order valence-electron chi connectivity index (χ0n) is 11.1. The molecule has 4 heteroatoms. The van der Waals surface area contributed by atoms with E-state index in [1.165, 1.54) is 37.8 Å². The smallest absolute Gasteiger partial charge is 0.315 e. The van der Waals surface area contributed by atoms with E-state index in [1.807, 2.05) is 0 Å². The number of carbonyl (C=O) groups excluding carboxylic acids is 1. The molecular formula is C15H21FN2O. The number of halogens is 1. The minimum absolute atomic E-state index is 0.128. The van der Waals surface area contributed by atoms with Crippen LogP contribution in [0.2, 0.25) is 0 Å². The predicted octanol–water partition coefficient (Wildman–Crippen LogP) is 3.35. The van der Waals surface area contributed by atoms with Gasteiger partial charge in [-0.25, -0.2) is 9.18 Å². The van der Waals surface area contributed by atoms with Crippen LogP contribution < -0.4 is 10.6 Å². The summed E-state index contributed by atoms with van der Waals surface area (Å²) in [6, 6.07) is 6.34. The molecule has 0 bridgehead atoms. The van der Waals surface area contributed by atoms with Gasteiger partial charge >= 0.3 is 6.03 Å². The first kappa shape index (κ1) is 13.8. The summed E-state index contributed by atoms with van der Waals surface area (Å²) in [4.78, 5) is 11.8. The molecule has 0 aliphatic heterocycles. The van der Waals surface area contributed by atoms with Gasteiger partial charge in [0.25, 0.3) is 0 Å². The average molecular weight is 264 g/mol. The number of rotatable bonds is 3. The highest BCUT2D eigenvalue weighted by Gasteiger charge is 2.14. The second-order valence-corrected chi connectivity index (χ2v) is 5.14. The lowest BCUT2D eigenvalue weighted by molar-refractivity contribution is 0.235. The Hall–Kier alpha value is -1.58. The van der Waals surface area contributed by atoms with Crippen LogP contribution in [-0.2, 0) is 6.54 Å². The molecule has 2 amide bonds. The van der Waals surface area contributed by atoms with E-state index in [2.05, 4.69) is 10.6 Å². The second kappa shape index (κ2) is 7.12. The largest absolute Gasteiger partial charge is 0.335 e. The van der Waals surface area contributed by atoms with Crippen LogP contribution in [-0.4, -0.2) is 12.1 Å². The van der Waals surface area contributed by atoms with Crippen molar-refractivity contribution in [1.29, 1.82) is 0 Å². The van der Waals surface area contributed by atoms with Crippen LogP contribution in [0.3, 0.4) is 0 Å². The molecule has 0 atom stereocenters. The Morgan fingerprint density at radius 2 is 1.74 bits per heavy atom. The van der Waals surface area contributed by atoms with Crippen LogP contribution >= 0.6 is 0 Å². The summed E-state index contributed by atoms with van der Waals surface area (Å²) < 4.78 is 12.7. The minimum atomic E-state index is -0.258. The first-order chi connectivity index (χ1) is 9.24. The van der Waals surface area contributed by atoms with Gasteiger partial charge in [0.05, 0.1) is 0 Å². The molecule has 2 N–H and O–H groups in total. The molecule has 0 saturated heterocycles. The molecule has 1 saturated carbocycles. The molecule has 1 aliphatic carbocycles. The van der Waals surface area contributed by atoms with Crippen LogP contribution in [0.4, 0.5) is 9.18 Å². The average Bonchev–Trinajstić information content (AvgIpc) is 2.67. The summed E-state index contributed by atoms with van der Waals surface area (Å²) in [5, 5.41) is 5.83. The summed E-state index contributed by atoms with van der Waals surface area (Å²) in [5.74, 6) is -0.258. The van der Waals surface area contributed by atoms with Gasteiger partial charge in [-0.3, -0.25) is 0 Å². The molecule has 0 spiro atoms. The van der Waals surface area contributed by atoms with E-state index < -0.39 is 0 Å². The third-order valence-corrected chi connectivity index (χ3v) is 3.56. The van der Waals surface area contributed by atoms with Crippen molar-refractivity contribution in [2.75, 3.05) is 0 Å². The summed E-state index contributed by atoms with van der Waals surface area (Å²) in [5.41, 5.74) is 0.900. The van der Waals surface area contributed by atoms with Crippen molar-refractivity contribution in [2.24, 2.45) is 0 Å². The van der Waals surface area contributed by atoms with Gasteiger partial charge in [0.15, 0.2) is 0 Å². The predicted molar refractivity (Wildman–Crippen MR) is 73.3 cm³/mol. The van der Waals surface area contributed by atoms with E-state index in [9.17, 15) is 9.18 Å². The summed E-state index contributed by atoms with van der Waals surface area (Å²) >= 11 is 0. The van der Waals surface area contributed by atoms with Crippen LogP contribution in [0.25, 0.3) is 0 Å². The second-order valence-electron chi connectivity index (χ2n) is 5.14. The normalized spacial score (nSPS) is 16.7. The van der Waals surface area contributed by atoms with Gasteiger partial charge in [0, 0.05) is 12.6 Å². The first-order valence-electron chi connectivity index (χ1n) is 7.03. The van der Waals surface area contributed by atoms with Gasteiger partial charge in [-0.1, -0.05) is 37.8 Å². The molecule has 0 heterocycles. The van der Waals surface area contributed by atoms with Crippen molar-refractivity contribution >= 4 is 6.03 Å². The standard InChI is InChI=1S/C15H21FN2O/c16-13-9-7-12(8-10-13)11-17-15(19)18-14-5-3-1-2-4-6-14/h7-10,14H,1-6,11H2,(H2,17,18,19). The Kier molecular flexibility index (Phi) is 5.19. The number of carbonyl (C=O) groups is 1. The number of urea groups is 1. The van der Waals surface area contributed by atoms with Crippen LogP contribution in [0.5, 0.6) is 0 Å². The molecule has 104 valence electrons. The zero-order chi connectivity index (χ0) is 13.5. The Balaban J connectivity index is 1.73. The van der Waals surface area contributed by atoms with Gasteiger partial charge in [-0.2, -0.15) is 0 Å². The SMILES string of the molecule is O=C(NCc1ccc(F)cc1)NC1CCCCCC1. The maximum absolute atomic E-state index is 12.7. The fourth-order valence-electron chi connectivity index (χ4n) is 2.44. The van der Waals surface area contributed by atoms with Crippen molar-refractivity contribution in [2.45, 2.75) is 51.1 Å². The Bertz CT molecular complexity index is 397. The number of amides is 2. The fraction of sp³-hybridized carbons (Fsp3) is 0.533. The molecule has 0 unspecified atom stereocenters. The van der Waals surface area contributed by atoms with Gasteiger partial charge in [-0.05, 0) is 30.5 Å². The Morgan fingerprint density at radius 1 is 1.11 bits per heavy atom. The fourth-order valence-corrected chi connectivity index (χ4v) is 2.44. The topological polar surface area (TPSA) is 41.1 Å². The third kappa shape index (κ3) is 4.89. The quantitative estimate of drug-likeness (QED) is 0.808. The van der Waals surface area contributed by atoms with Crippen molar-refractivity contribution in [3.05, 3.63) is 35.6 Å². The lowest BCUT2D eigenvalue weighted by Gasteiger charge is -2.16. The highest BCUT2D eigenvalue weighted by molar-refractivity contribution is 5.74. The third-order valence-electron chi connectivity index (χ3n) is 3.56. The monoisotopic (exact) mass is 264 g/mol. The van der Waals surface area contributed by atoms with Gasteiger partial charge in [0.1, 0.15) is 5.82 Å². The lowest BCUT2D eigenvalue weighted by atomic mass is 10.1. The van der Waals surface area contributed by atoms with Crippen molar-refractivity contribution in [1.82, 2.24) is 10.6 Å². The molecule has 19 heavy (non-hydrogen) atoms. The summed E-state index contributed by atoms with van der Waals surface area (Å²) in [6.07, 6.45) is 7.09. The van der Waals surface area contributed by atoms with E-state index in [4.69, 9.17) is 0 Å². The lowest BCUT2D eigenvalue weighted by Crippen LogP contribution is -2.41. The molecule has 1 aliphatic rings. The van der Waals surface area contributed by atoms with E-state index >= 15 is 0 Å².